The molecule has 10 aromatic carbocycles. The molecule has 288 valence electrons. The minimum absolute atomic E-state index is 0.618. The number of rotatable bonds is 5. The van der Waals surface area contributed by atoms with Gasteiger partial charge in [-0.05, 0) is 75.5 Å². The van der Waals surface area contributed by atoms with Crippen LogP contribution in [0.2, 0.25) is 0 Å². The van der Waals surface area contributed by atoms with Crippen molar-refractivity contribution in [1.82, 2.24) is 24.1 Å². The Morgan fingerprint density at radius 2 is 0.661 bits per heavy atom. The van der Waals surface area contributed by atoms with Crippen molar-refractivity contribution in [1.29, 1.82) is 0 Å². The van der Waals surface area contributed by atoms with Crippen LogP contribution in [0.5, 0.6) is 0 Å². The van der Waals surface area contributed by atoms with Crippen LogP contribution in [0.3, 0.4) is 0 Å². The molecule has 0 fully saturated rings. The molecular formula is C57H35N5. The largest absolute Gasteiger partial charge is 0.309 e. The Morgan fingerprint density at radius 1 is 0.258 bits per heavy atom. The average molecular weight is 790 g/mol. The summed E-state index contributed by atoms with van der Waals surface area (Å²) < 4.78 is 4.89. The first-order valence-corrected chi connectivity index (χ1v) is 21.0. The molecule has 0 unspecified atom stereocenters. The lowest BCUT2D eigenvalue weighted by Crippen LogP contribution is -2.02. The van der Waals surface area contributed by atoms with Crippen LogP contribution in [0.15, 0.2) is 212 Å². The van der Waals surface area contributed by atoms with E-state index in [1.807, 2.05) is 36.4 Å². The second-order valence-corrected chi connectivity index (χ2v) is 15.9. The van der Waals surface area contributed by atoms with Gasteiger partial charge >= 0.3 is 0 Å². The van der Waals surface area contributed by atoms with Crippen molar-refractivity contribution in [3.05, 3.63) is 212 Å². The topological polar surface area (TPSA) is 48.5 Å². The van der Waals surface area contributed by atoms with Crippen LogP contribution in [-0.2, 0) is 0 Å². The minimum Gasteiger partial charge on any atom is -0.309 e. The normalized spacial score (nSPS) is 11.9. The van der Waals surface area contributed by atoms with Crippen molar-refractivity contribution in [3.63, 3.8) is 0 Å². The number of hydrogen-bond acceptors (Lipinski definition) is 3. The van der Waals surface area contributed by atoms with Gasteiger partial charge in [-0.25, -0.2) is 15.0 Å². The number of para-hydroxylation sites is 3. The number of fused-ring (bicyclic) bond motifs is 13. The van der Waals surface area contributed by atoms with Gasteiger partial charge in [0.2, 0.25) is 0 Å². The predicted molar refractivity (Wildman–Crippen MR) is 257 cm³/mol. The first kappa shape index (κ1) is 34.5. The van der Waals surface area contributed by atoms with E-state index < -0.39 is 0 Å². The van der Waals surface area contributed by atoms with Gasteiger partial charge in [-0.15, -0.1) is 0 Å². The van der Waals surface area contributed by atoms with Crippen molar-refractivity contribution >= 4 is 75.9 Å². The van der Waals surface area contributed by atoms with E-state index in [1.54, 1.807) is 0 Å². The fourth-order valence-electron chi connectivity index (χ4n) is 9.89. The smallest absolute Gasteiger partial charge is 0.164 e. The van der Waals surface area contributed by atoms with Crippen LogP contribution in [0.1, 0.15) is 0 Å². The van der Waals surface area contributed by atoms with Crippen molar-refractivity contribution in [2.45, 2.75) is 0 Å². The van der Waals surface area contributed by atoms with E-state index in [-0.39, 0.29) is 0 Å². The molecule has 0 saturated carbocycles. The lowest BCUT2D eigenvalue weighted by molar-refractivity contribution is 1.07. The maximum atomic E-state index is 5.27. The molecule has 0 amide bonds. The summed E-state index contributed by atoms with van der Waals surface area (Å²) in [7, 11) is 0. The monoisotopic (exact) mass is 789 g/mol. The van der Waals surface area contributed by atoms with E-state index in [0.29, 0.717) is 17.5 Å². The van der Waals surface area contributed by atoms with Crippen LogP contribution < -0.4 is 0 Å². The van der Waals surface area contributed by atoms with Crippen molar-refractivity contribution in [2.24, 2.45) is 0 Å². The van der Waals surface area contributed by atoms with E-state index >= 15 is 0 Å². The third-order valence-corrected chi connectivity index (χ3v) is 12.5. The molecule has 0 aliphatic rings. The molecule has 0 spiro atoms. The summed E-state index contributed by atoms with van der Waals surface area (Å²) in [6.07, 6.45) is 0. The van der Waals surface area contributed by atoms with Gasteiger partial charge in [-0.3, -0.25) is 0 Å². The summed E-state index contributed by atoms with van der Waals surface area (Å²) in [6.45, 7) is 0. The highest BCUT2D eigenvalue weighted by atomic mass is 15.0. The molecule has 0 saturated heterocycles. The molecule has 13 rings (SSSR count). The molecule has 0 aliphatic heterocycles. The van der Waals surface area contributed by atoms with Gasteiger partial charge in [0.25, 0.3) is 0 Å². The van der Waals surface area contributed by atoms with E-state index in [4.69, 9.17) is 15.0 Å². The lowest BCUT2D eigenvalue weighted by Gasteiger charge is -2.18. The first-order valence-electron chi connectivity index (χ1n) is 21.0. The molecule has 62 heavy (non-hydrogen) atoms. The Hall–Kier alpha value is -8.41. The zero-order valence-corrected chi connectivity index (χ0v) is 33.4. The molecule has 3 heterocycles. The quantitative estimate of drug-likeness (QED) is 0.163. The Bertz CT molecular complexity index is 3850. The Morgan fingerprint density at radius 3 is 1.23 bits per heavy atom. The summed E-state index contributed by atoms with van der Waals surface area (Å²) >= 11 is 0. The third kappa shape index (κ3) is 5.12. The lowest BCUT2D eigenvalue weighted by atomic mass is 9.91. The summed E-state index contributed by atoms with van der Waals surface area (Å²) in [5.41, 5.74) is 9.62. The van der Waals surface area contributed by atoms with Gasteiger partial charge in [0.1, 0.15) is 0 Å². The summed E-state index contributed by atoms with van der Waals surface area (Å²) in [4.78, 5) is 15.6. The van der Waals surface area contributed by atoms with Gasteiger partial charge in [0.05, 0.1) is 27.8 Å². The van der Waals surface area contributed by atoms with Crippen molar-refractivity contribution < 1.29 is 0 Å². The molecule has 0 bridgehead atoms. The maximum Gasteiger partial charge on any atom is 0.164 e. The molecule has 5 nitrogen and oxygen atoms in total. The third-order valence-electron chi connectivity index (χ3n) is 12.5. The predicted octanol–water partition coefficient (Wildman–Crippen LogP) is 14.5. The van der Waals surface area contributed by atoms with Crippen molar-refractivity contribution in [2.75, 3.05) is 0 Å². The van der Waals surface area contributed by atoms with Gasteiger partial charge in [0.15, 0.2) is 17.5 Å². The highest BCUT2D eigenvalue weighted by molar-refractivity contribution is 6.31. The van der Waals surface area contributed by atoms with Crippen molar-refractivity contribution in [3.8, 4) is 45.5 Å². The molecule has 5 heteroatoms. The molecule has 0 N–H and O–H groups in total. The number of benzene rings is 10. The molecule has 3 aromatic heterocycles. The summed E-state index contributed by atoms with van der Waals surface area (Å²) in [5, 5.41) is 12.0. The van der Waals surface area contributed by atoms with Crippen LogP contribution in [-0.4, -0.2) is 24.1 Å². The van der Waals surface area contributed by atoms with Gasteiger partial charge < -0.3 is 9.13 Å². The van der Waals surface area contributed by atoms with Crippen LogP contribution in [0.25, 0.3) is 121 Å². The standard InChI is InChI=1S/C57H35N5/c1-4-18-36(19-5-1)55-58-56(37-20-6-2-7-21-37)60-57(59-55)38-34-46-42-26-11-10-24-40(42)41-25-12-13-27-43(41)52(46)51(35-38)62-48-31-17-15-29-45(48)54-50(62)33-32-49-53(54)44-28-14-16-30-47(44)61(49)39-22-8-3-9-23-39/h1-35H. The highest BCUT2D eigenvalue weighted by Crippen LogP contribution is 2.46. The maximum absolute atomic E-state index is 5.27. The van der Waals surface area contributed by atoms with E-state index in [1.165, 1.54) is 59.5 Å². The molecular weight excluding hydrogens is 755 g/mol. The highest BCUT2D eigenvalue weighted by Gasteiger charge is 2.24. The fourth-order valence-corrected chi connectivity index (χ4v) is 9.89. The van der Waals surface area contributed by atoms with E-state index in [9.17, 15) is 0 Å². The second-order valence-electron chi connectivity index (χ2n) is 15.9. The number of nitrogens with zero attached hydrogens (tertiary/aromatic N) is 5. The second kappa shape index (κ2) is 13.6. The van der Waals surface area contributed by atoms with E-state index in [2.05, 4.69) is 185 Å². The molecule has 0 radical (unpaired) electrons. The summed E-state index contributed by atoms with van der Waals surface area (Å²) in [5.74, 6) is 1.88. The number of hydrogen-bond donors (Lipinski definition) is 0. The Balaban J connectivity index is 1.20. The molecule has 13 aromatic rings. The van der Waals surface area contributed by atoms with Gasteiger partial charge in [-0.1, -0.05) is 164 Å². The first-order chi connectivity index (χ1) is 30.8. The summed E-state index contributed by atoms with van der Waals surface area (Å²) in [6, 6.07) is 75.7. The van der Waals surface area contributed by atoms with Crippen LogP contribution in [0, 0.1) is 0 Å². The average Bonchev–Trinajstić information content (AvgIpc) is 3.87. The van der Waals surface area contributed by atoms with Crippen LogP contribution >= 0.6 is 0 Å². The Kier molecular flexibility index (Phi) is 7.54. The Labute approximate surface area is 356 Å². The zero-order chi connectivity index (χ0) is 40.7. The van der Waals surface area contributed by atoms with Crippen LogP contribution in [0.4, 0.5) is 0 Å². The van der Waals surface area contributed by atoms with Gasteiger partial charge in [0, 0.05) is 49.3 Å². The molecule has 0 aliphatic carbocycles. The zero-order valence-electron chi connectivity index (χ0n) is 33.4. The van der Waals surface area contributed by atoms with Gasteiger partial charge in [-0.2, -0.15) is 0 Å². The molecule has 0 atom stereocenters. The minimum atomic E-state index is 0.618. The van der Waals surface area contributed by atoms with E-state index in [0.717, 1.165) is 44.5 Å². The SMILES string of the molecule is c1ccc(-c2nc(-c3ccccc3)nc(-c3cc(-n4c5ccccc5c5c6c7ccccc7n(-c7ccccc7)c6ccc54)c4c5ccccc5c5ccccc5c4c3)n2)cc1. The number of aromatic nitrogens is 5. The fraction of sp³-hybridized carbons (Fsp3) is 0.